The van der Waals surface area contributed by atoms with Gasteiger partial charge < -0.3 is 15.3 Å². The van der Waals surface area contributed by atoms with Crippen molar-refractivity contribution in [2.45, 2.75) is 25.7 Å². The van der Waals surface area contributed by atoms with Crippen LogP contribution >= 0.6 is 0 Å². The zero-order chi connectivity index (χ0) is 12.3. The lowest BCUT2D eigenvalue weighted by Gasteiger charge is -2.24. The van der Waals surface area contributed by atoms with Gasteiger partial charge in [-0.2, -0.15) is 0 Å². The number of carboxylic acids is 1. The number of carbonyl (C=O) groups is 2. The van der Waals surface area contributed by atoms with Crippen LogP contribution in [0.1, 0.15) is 25.7 Å². The molecule has 2 aliphatic heterocycles. The molecule has 2 heterocycles. The lowest BCUT2D eigenvalue weighted by molar-refractivity contribution is -0.141. The zero-order valence-corrected chi connectivity index (χ0v) is 10.0. The summed E-state index contributed by atoms with van der Waals surface area (Å²) in [6.07, 6.45) is 3.41. The maximum absolute atomic E-state index is 12.0. The number of carboxylic acid groups (broad SMARTS) is 1. The van der Waals surface area contributed by atoms with E-state index in [0.717, 1.165) is 25.9 Å². The number of carbonyl (C=O) groups excluding carboxylic acids is 1. The first kappa shape index (κ1) is 12.4. The molecule has 5 heteroatoms. The first-order valence-electron chi connectivity index (χ1n) is 6.38. The molecule has 0 bridgehead atoms. The standard InChI is InChI=1S/C12H20N2O3/c15-11(6-9-2-1-4-13-7-9)14-5-3-10(8-14)12(16)17/h9-10,13H,1-8H2,(H,16,17). The zero-order valence-electron chi connectivity index (χ0n) is 10.0. The Morgan fingerprint density at radius 3 is 2.76 bits per heavy atom. The smallest absolute Gasteiger partial charge is 0.308 e. The Morgan fingerprint density at radius 2 is 2.18 bits per heavy atom. The third kappa shape index (κ3) is 3.19. The van der Waals surface area contributed by atoms with Crippen LogP contribution in [0.2, 0.25) is 0 Å². The summed E-state index contributed by atoms with van der Waals surface area (Å²) in [6, 6.07) is 0. The molecule has 96 valence electrons. The molecule has 0 radical (unpaired) electrons. The highest BCUT2D eigenvalue weighted by atomic mass is 16.4. The van der Waals surface area contributed by atoms with Gasteiger partial charge >= 0.3 is 5.97 Å². The highest BCUT2D eigenvalue weighted by Gasteiger charge is 2.31. The van der Waals surface area contributed by atoms with Gasteiger partial charge in [-0.25, -0.2) is 0 Å². The number of nitrogens with one attached hydrogen (secondary N) is 1. The molecular weight excluding hydrogens is 220 g/mol. The van der Waals surface area contributed by atoms with Gasteiger partial charge in [-0.3, -0.25) is 9.59 Å². The van der Waals surface area contributed by atoms with E-state index >= 15 is 0 Å². The SMILES string of the molecule is O=C(O)C1CCN(C(=O)CC2CCCNC2)C1. The lowest BCUT2D eigenvalue weighted by Crippen LogP contribution is -2.36. The molecule has 0 spiro atoms. The van der Waals surface area contributed by atoms with Gasteiger partial charge in [-0.05, 0) is 38.3 Å². The van der Waals surface area contributed by atoms with E-state index in [2.05, 4.69) is 5.32 Å². The molecule has 0 aliphatic carbocycles. The Bertz CT molecular complexity index is 300. The second-order valence-electron chi connectivity index (χ2n) is 5.08. The fourth-order valence-corrected chi connectivity index (χ4v) is 2.66. The average molecular weight is 240 g/mol. The van der Waals surface area contributed by atoms with Gasteiger partial charge in [-0.1, -0.05) is 0 Å². The van der Waals surface area contributed by atoms with E-state index in [0.29, 0.717) is 31.8 Å². The quantitative estimate of drug-likeness (QED) is 0.745. The predicted octanol–water partition coefficient (Wildman–Crippen LogP) is 0.309. The highest BCUT2D eigenvalue weighted by molar-refractivity contribution is 5.79. The molecule has 1 amide bonds. The maximum Gasteiger partial charge on any atom is 0.308 e. The lowest BCUT2D eigenvalue weighted by atomic mass is 9.96. The first-order valence-corrected chi connectivity index (χ1v) is 6.38. The van der Waals surface area contributed by atoms with E-state index in [4.69, 9.17) is 5.11 Å². The summed E-state index contributed by atoms with van der Waals surface area (Å²) in [6.45, 7) is 2.97. The normalized spacial score (nSPS) is 29.3. The van der Waals surface area contributed by atoms with Gasteiger partial charge in [0.05, 0.1) is 5.92 Å². The predicted molar refractivity (Wildman–Crippen MR) is 62.5 cm³/mol. The molecule has 0 saturated carbocycles. The molecule has 2 saturated heterocycles. The number of nitrogens with zero attached hydrogens (tertiary/aromatic N) is 1. The molecule has 2 N–H and O–H groups in total. The fourth-order valence-electron chi connectivity index (χ4n) is 2.66. The van der Waals surface area contributed by atoms with Gasteiger partial charge in [0.2, 0.25) is 5.91 Å². The van der Waals surface area contributed by atoms with Crippen molar-refractivity contribution in [1.82, 2.24) is 10.2 Å². The first-order chi connectivity index (χ1) is 8.16. The Morgan fingerprint density at radius 1 is 1.35 bits per heavy atom. The van der Waals surface area contributed by atoms with Crippen LogP contribution in [0.3, 0.4) is 0 Å². The van der Waals surface area contributed by atoms with Gasteiger partial charge in [-0.15, -0.1) is 0 Å². The van der Waals surface area contributed by atoms with Crippen molar-refractivity contribution in [2.24, 2.45) is 11.8 Å². The summed E-state index contributed by atoms with van der Waals surface area (Å²) in [4.78, 5) is 24.5. The van der Waals surface area contributed by atoms with E-state index in [1.165, 1.54) is 0 Å². The number of rotatable bonds is 3. The summed E-state index contributed by atoms with van der Waals surface area (Å²) in [5.41, 5.74) is 0. The summed E-state index contributed by atoms with van der Waals surface area (Å²) < 4.78 is 0. The van der Waals surface area contributed by atoms with Crippen molar-refractivity contribution in [2.75, 3.05) is 26.2 Å². The van der Waals surface area contributed by atoms with Gasteiger partial charge in [0.15, 0.2) is 0 Å². The molecule has 0 aromatic heterocycles. The number of piperidine rings is 1. The minimum absolute atomic E-state index is 0.127. The summed E-state index contributed by atoms with van der Waals surface area (Å²) in [7, 11) is 0. The van der Waals surface area contributed by atoms with Crippen molar-refractivity contribution in [1.29, 1.82) is 0 Å². The van der Waals surface area contributed by atoms with E-state index in [1.807, 2.05) is 0 Å². The van der Waals surface area contributed by atoms with Crippen molar-refractivity contribution in [3.63, 3.8) is 0 Å². The Kier molecular flexibility index (Phi) is 3.99. The molecule has 17 heavy (non-hydrogen) atoms. The van der Waals surface area contributed by atoms with E-state index in [9.17, 15) is 9.59 Å². The summed E-state index contributed by atoms with van der Waals surface area (Å²) >= 11 is 0. The Balaban J connectivity index is 1.78. The molecule has 2 aliphatic rings. The summed E-state index contributed by atoms with van der Waals surface area (Å²) in [5, 5.41) is 12.2. The van der Waals surface area contributed by atoms with Crippen molar-refractivity contribution >= 4 is 11.9 Å². The minimum Gasteiger partial charge on any atom is -0.481 e. The van der Waals surface area contributed by atoms with Crippen LogP contribution < -0.4 is 5.32 Å². The second kappa shape index (κ2) is 5.49. The molecular formula is C12H20N2O3. The van der Waals surface area contributed by atoms with Gasteiger partial charge in [0.1, 0.15) is 0 Å². The molecule has 2 unspecified atom stereocenters. The average Bonchev–Trinajstić information content (AvgIpc) is 2.79. The van der Waals surface area contributed by atoms with Crippen LogP contribution in [0.15, 0.2) is 0 Å². The van der Waals surface area contributed by atoms with Crippen molar-refractivity contribution in [3.05, 3.63) is 0 Å². The maximum atomic E-state index is 12.0. The van der Waals surface area contributed by atoms with Crippen LogP contribution in [-0.2, 0) is 9.59 Å². The monoisotopic (exact) mass is 240 g/mol. The van der Waals surface area contributed by atoms with Crippen molar-refractivity contribution in [3.8, 4) is 0 Å². The van der Waals surface area contributed by atoms with Crippen molar-refractivity contribution < 1.29 is 14.7 Å². The number of aliphatic carboxylic acids is 1. The topological polar surface area (TPSA) is 69.6 Å². The molecule has 0 aromatic carbocycles. The number of hydrogen-bond acceptors (Lipinski definition) is 3. The van der Waals surface area contributed by atoms with E-state index in [1.54, 1.807) is 4.90 Å². The van der Waals surface area contributed by atoms with Crippen LogP contribution in [0, 0.1) is 11.8 Å². The second-order valence-corrected chi connectivity index (χ2v) is 5.08. The number of amides is 1. The molecule has 2 atom stereocenters. The number of hydrogen-bond donors (Lipinski definition) is 2. The Hall–Kier alpha value is -1.10. The van der Waals surface area contributed by atoms with Crippen LogP contribution in [0.5, 0.6) is 0 Å². The summed E-state index contributed by atoms with van der Waals surface area (Å²) in [5.74, 6) is -0.578. The molecule has 2 fully saturated rings. The van der Waals surface area contributed by atoms with E-state index < -0.39 is 5.97 Å². The molecule has 5 nitrogen and oxygen atoms in total. The van der Waals surface area contributed by atoms with Gasteiger partial charge in [0, 0.05) is 19.5 Å². The largest absolute Gasteiger partial charge is 0.481 e. The highest BCUT2D eigenvalue weighted by Crippen LogP contribution is 2.20. The van der Waals surface area contributed by atoms with Crippen LogP contribution in [0.4, 0.5) is 0 Å². The van der Waals surface area contributed by atoms with Crippen LogP contribution in [-0.4, -0.2) is 48.1 Å². The van der Waals surface area contributed by atoms with Crippen LogP contribution in [0.25, 0.3) is 0 Å². The molecule has 0 aromatic rings. The number of likely N-dealkylation sites (tertiary alicyclic amines) is 1. The fraction of sp³-hybridized carbons (Fsp3) is 0.833. The minimum atomic E-state index is -0.778. The molecule has 2 rings (SSSR count). The van der Waals surface area contributed by atoms with E-state index in [-0.39, 0.29) is 11.8 Å². The van der Waals surface area contributed by atoms with Gasteiger partial charge in [0.25, 0.3) is 0 Å². The Labute approximate surface area is 101 Å². The third-order valence-electron chi connectivity index (χ3n) is 3.75. The third-order valence-corrected chi connectivity index (χ3v) is 3.75.